The lowest BCUT2D eigenvalue weighted by Crippen LogP contribution is -2.46. The van der Waals surface area contributed by atoms with Gasteiger partial charge in [0.1, 0.15) is 0 Å². The van der Waals surface area contributed by atoms with Crippen LogP contribution in [0.2, 0.25) is 0 Å². The molecule has 1 aromatic rings. The molecule has 8 nitrogen and oxygen atoms in total. The van der Waals surface area contributed by atoms with Gasteiger partial charge in [-0.15, -0.1) is 0 Å². The van der Waals surface area contributed by atoms with Gasteiger partial charge in [0.15, 0.2) is 0 Å². The molecule has 0 unspecified atom stereocenters. The molecule has 1 aromatic carbocycles. The third-order valence-electron chi connectivity index (χ3n) is 3.59. The fourth-order valence-corrected chi connectivity index (χ4v) is 2.55. The first-order chi connectivity index (χ1) is 11.5. The number of nitrogens with zero attached hydrogens (tertiary/aromatic N) is 1. The number of nitro groups is 1. The highest BCUT2D eigenvalue weighted by molar-refractivity contribution is 5.95. The van der Waals surface area contributed by atoms with Gasteiger partial charge >= 0.3 is 12.0 Å². The molecule has 0 fully saturated rings. The van der Waals surface area contributed by atoms with Gasteiger partial charge in [-0.2, -0.15) is 0 Å². The molecule has 2 N–H and O–H groups in total. The van der Waals surface area contributed by atoms with E-state index < -0.39 is 23.0 Å². The molecule has 2 amide bonds. The molecule has 1 aliphatic heterocycles. The maximum absolute atomic E-state index is 12.4. The van der Waals surface area contributed by atoms with Crippen LogP contribution in [0.4, 0.5) is 10.5 Å². The summed E-state index contributed by atoms with van der Waals surface area (Å²) in [6.07, 6.45) is 1.26. The minimum absolute atomic E-state index is 0.0607. The Morgan fingerprint density at radius 2 is 1.96 bits per heavy atom. The van der Waals surface area contributed by atoms with E-state index in [1.54, 1.807) is 6.92 Å². The van der Waals surface area contributed by atoms with Crippen molar-refractivity contribution >= 4 is 17.7 Å². The Balaban J connectivity index is 2.46. The zero-order valence-electron chi connectivity index (χ0n) is 13.5. The van der Waals surface area contributed by atoms with Crippen molar-refractivity contribution in [1.29, 1.82) is 0 Å². The molecule has 2 rings (SSSR count). The highest BCUT2D eigenvalue weighted by atomic mass is 16.6. The summed E-state index contributed by atoms with van der Waals surface area (Å²) in [5, 5.41) is 16.1. The predicted molar refractivity (Wildman–Crippen MR) is 86.1 cm³/mol. The number of esters is 1. The van der Waals surface area contributed by atoms with Crippen molar-refractivity contribution in [2.75, 3.05) is 6.61 Å². The fourth-order valence-electron chi connectivity index (χ4n) is 2.55. The summed E-state index contributed by atoms with van der Waals surface area (Å²) in [5.41, 5.74) is 1.36. The number of urea groups is 1. The van der Waals surface area contributed by atoms with Gasteiger partial charge in [-0.3, -0.25) is 10.1 Å². The lowest BCUT2D eigenvalue weighted by Gasteiger charge is -2.29. The molecule has 8 heteroatoms. The van der Waals surface area contributed by atoms with Crippen LogP contribution in [0, 0.1) is 10.1 Å². The van der Waals surface area contributed by atoms with Crippen LogP contribution in [0.3, 0.4) is 0 Å². The van der Waals surface area contributed by atoms with E-state index >= 15 is 0 Å². The second-order valence-electron chi connectivity index (χ2n) is 5.24. The number of hydrogen-bond donors (Lipinski definition) is 2. The first kappa shape index (κ1) is 17.5. The van der Waals surface area contributed by atoms with Crippen molar-refractivity contribution in [2.24, 2.45) is 0 Å². The van der Waals surface area contributed by atoms with Gasteiger partial charge in [-0.05, 0) is 31.0 Å². The number of carbonyl (C=O) groups excluding carboxylic acids is 2. The molecule has 0 aromatic heterocycles. The van der Waals surface area contributed by atoms with Crippen molar-refractivity contribution in [2.45, 2.75) is 32.7 Å². The Morgan fingerprint density at radius 3 is 2.50 bits per heavy atom. The number of nitrogens with one attached hydrogen (secondary N) is 2. The summed E-state index contributed by atoms with van der Waals surface area (Å²) in [5.74, 6) is -0.517. The molecule has 1 aliphatic rings. The Kier molecular flexibility index (Phi) is 5.51. The Hall–Kier alpha value is -2.90. The maximum atomic E-state index is 12.4. The summed E-state index contributed by atoms with van der Waals surface area (Å²) >= 11 is 0. The molecule has 128 valence electrons. The van der Waals surface area contributed by atoms with Crippen LogP contribution in [0.15, 0.2) is 35.5 Å². The molecule has 24 heavy (non-hydrogen) atoms. The van der Waals surface area contributed by atoms with Gasteiger partial charge in [-0.1, -0.05) is 13.3 Å². The van der Waals surface area contributed by atoms with E-state index in [2.05, 4.69) is 10.6 Å². The second-order valence-corrected chi connectivity index (χ2v) is 5.24. The number of amides is 2. The number of benzene rings is 1. The van der Waals surface area contributed by atoms with Gasteiger partial charge in [0.25, 0.3) is 5.69 Å². The summed E-state index contributed by atoms with van der Waals surface area (Å²) < 4.78 is 5.11. The molecule has 0 bridgehead atoms. The van der Waals surface area contributed by atoms with E-state index in [1.807, 2.05) is 6.92 Å². The van der Waals surface area contributed by atoms with Crippen LogP contribution >= 0.6 is 0 Å². The van der Waals surface area contributed by atoms with Crippen LogP contribution in [0.1, 0.15) is 38.3 Å². The molecule has 0 spiro atoms. The highest BCUT2D eigenvalue weighted by Gasteiger charge is 2.33. The van der Waals surface area contributed by atoms with Gasteiger partial charge in [0.05, 0.1) is 23.1 Å². The summed E-state index contributed by atoms with van der Waals surface area (Å²) in [6, 6.07) is 4.60. The Morgan fingerprint density at radius 1 is 1.29 bits per heavy atom. The van der Waals surface area contributed by atoms with Crippen molar-refractivity contribution in [3.8, 4) is 0 Å². The van der Waals surface area contributed by atoms with E-state index in [-0.39, 0.29) is 12.3 Å². The average Bonchev–Trinajstić information content (AvgIpc) is 2.55. The fraction of sp³-hybridized carbons (Fsp3) is 0.375. The standard InChI is InChI=1S/C16H19N3O5/c1-3-5-12-13(15(20)24-4-2)14(18-16(21)17-12)10-6-8-11(9-7-10)19(22)23/h6-9,14H,3-5H2,1-2H3,(H2,17,18,21)/t14-/m1/s1. The first-order valence-corrected chi connectivity index (χ1v) is 7.69. The van der Waals surface area contributed by atoms with E-state index in [9.17, 15) is 19.7 Å². The number of allylic oxidation sites excluding steroid dienone is 1. The average molecular weight is 333 g/mol. The van der Waals surface area contributed by atoms with Crippen molar-refractivity contribution in [3.63, 3.8) is 0 Å². The zero-order chi connectivity index (χ0) is 17.7. The normalized spacial score (nSPS) is 17.1. The maximum Gasteiger partial charge on any atom is 0.338 e. The molecular formula is C16H19N3O5. The predicted octanol–water partition coefficient (Wildman–Crippen LogP) is 2.57. The number of hydrogen-bond acceptors (Lipinski definition) is 5. The van der Waals surface area contributed by atoms with Crippen LogP contribution < -0.4 is 10.6 Å². The van der Waals surface area contributed by atoms with Crippen LogP contribution in [0.5, 0.6) is 0 Å². The van der Waals surface area contributed by atoms with Gasteiger partial charge in [0, 0.05) is 17.8 Å². The van der Waals surface area contributed by atoms with Gasteiger partial charge in [0.2, 0.25) is 0 Å². The minimum atomic E-state index is -0.708. The molecule has 0 radical (unpaired) electrons. The Labute approximate surface area is 139 Å². The molecule has 0 aliphatic carbocycles. The third kappa shape index (κ3) is 3.70. The number of rotatable bonds is 6. The SMILES string of the molecule is CCCC1=C(C(=O)OCC)[C@@H](c2ccc([N+](=O)[O-])cc2)NC(=O)N1. The minimum Gasteiger partial charge on any atom is -0.463 e. The lowest BCUT2D eigenvalue weighted by atomic mass is 9.93. The van der Waals surface area contributed by atoms with E-state index in [1.165, 1.54) is 24.3 Å². The van der Waals surface area contributed by atoms with Crippen molar-refractivity contribution in [3.05, 3.63) is 51.2 Å². The Bertz CT molecular complexity index is 681. The summed E-state index contributed by atoms with van der Waals surface area (Å²) in [4.78, 5) is 34.6. The largest absolute Gasteiger partial charge is 0.463 e. The highest BCUT2D eigenvalue weighted by Crippen LogP contribution is 2.30. The zero-order valence-corrected chi connectivity index (χ0v) is 13.5. The van der Waals surface area contributed by atoms with Gasteiger partial charge < -0.3 is 15.4 Å². The molecule has 1 heterocycles. The topological polar surface area (TPSA) is 111 Å². The quantitative estimate of drug-likeness (QED) is 0.472. The number of non-ortho nitro benzene ring substituents is 1. The smallest absolute Gasteiger partial charge is 0.338 e. The van der Waals surface area contributed by atoms with Crippen LogP contribution in [-0.2, 0) is 9.53 Å². The summed E-state index contributed by atoms with van der Waals surface area (Å²) in [6.45, 7) is 3.85. The van der Waals surface area contributed by atoms with E-state index in [0.717, 1.165) is 6.42 Å². The molecule has 0 saturated heterocycles. The first-order valence-electron chi connectivity index (χ1n) is 7.69. The molecule has 1 atom stereocenters. The number of ether oxygens (including phenoxy) is 1. The van der Waals surface area contributed by atoms with E-state index in [4.69, 9.17) is 4.74 Å². The number of nitro benzene ring substituents is 1. The van der Waals surface area contributed by atoms with Crippen molar-refractivity contribution < 1.29 is 19.2 Å². The third-order valence-corrected chi connectivity index (χ3v) is 3.59. The van der Waals surface area contributed by atoms with E-state index in [0.29, 0.717) is 23.3 Å². The molecule has 0 saturated carbocycles. The van der Waals surface area contributed by atoms with Crippen LogP contribution in [-0.4, -0.2) is 23.5 Å². The monoisotopic (exact) mass is 333 g/mol. The van der Waals surface area contributed by atoms with Gasteiger partial charge in [-0.25, -0.2) is 9.59 Å². The summed E-state index contributed by atoms with van der Waals surface area (Å²) in [7, 11) is 0. The lowest BCUT2D eigenvalue weighted by molar-refractivity contribution is -0.384. The molecular weight excluding hydrogens is 314 g/mol. The van der Waals surface area contributed by atoms with Crippen LogP contribution in [0.25, 0.3) is 0 Å². The second kappa shape index (κ2) is 7.58. The number of carbonyl (C=O) groups is 2. The van der Waals surface area contributed by atoms with Crippen molar-refractivity contribution in [1.82, 2.24) is 10.6 Å².